The Labute approximate surface area is 111 Å². The van der Waals surface area contributed by atoms with Gasteiger partial charge in [0.1, 0.15) is 0 Å². The molecule has 0 amide bonds. The highest BCUT2D eigenvalue weighted by molar-refractivity contribution is 5.46. The van der Waals surface area contributed by atoms with Crippen LogP contribution in [0.3, 0.4) is 0 Å². The van der Waals surface area contributed by atoms with Crippen molar-refractivity contribution in [2.75, 3.05) is 31.1 Å². The Morgan fingerprint density at radius 3 is 2.28 bits per heavy atom. The minimum atomic E-state index is 0.873. The highest BCUT2D eigenvalue weighted by Crippen LogP contribution is 2.29. The van der Waals surface area contributed by atoms with Crippen molar-refractivity contribution in [2.24, 2.45) is 5.92 Å². The van der Waals surface area contributed by atoms with Crippen LogP contribution in [0.1, 0.15) is 26.2 Å². The Bertz CT molecular complexity index is 368. The minimum Gasteiger partial charge on any atom is -0.369 e. The zero-order valence-corrected chi connectivity index (χ0v) is 11.4. The topological polar surface area (TPSA) is 6.48 Å². The van der Waals surface area contributed by atoms with Gasteiger partial charge in [-0.2, -0.15) is 0 Å². The monoisotopic (exact) mass is 244 g/mol. The second kappa shape index (κ2) is 5.31. The van der Waals surface area contributed by atoms with Gasteiger partial charge in [-0.15, -0.1) is 0 Å². The van der Waals surface area contributed by atoms with Crippen molar-refractivity contribution in [1.82, 2.24) is 4.90 Å². The Morgan fingerprint density at radius 2 is 1.67 bits per heavy atom. The molecule has 98 valence electrons. The maximum absolute atomic E-state index is 2.73. The zero-order chi connectivity index (χ0) is 12.4. The molecule has 1 saturated carbocycles. The fourth-order valence-electron chi connectivity index (χ4n) is 3.49. The van der Waals surface area contributed by atoms with Crippen LogP contribution in [0.15, 0.2) is 30.3 Å². The lowest BCUT2D eigenvalue weighted by Crippen LogP contribution is -2.49. The number of benzene rings is 1. The van der Waals surface area contributed by atoms with Gasteiger partial charge in [-0.1, -0.05) is 25.1 Å². The van der Waals surface area contributed by atoms with E-state index in [4.69, 9.17) is 0 Å². The first-order valence-electron chi connectivity index (χ1n) is 7.37. The van der Waals surface area contributed by atoms with E-state index in [1.54, 1.807) is 0 Å². The molecule has 2 heteroatoms. The van der Waals surface area contributed by atoms with Gasteiger partial charge in [-0.05, 0) is 37.3 Å². The van der Waals surface area contributed by atoms with Gasteiger partial charge in [0.15, 0.2) is 0 Å². The first kappa shape index (κ1) is 12.0. The van der Waals surface area contributed by atoms with E-state index in [-0.39, 0.29) is 0 Å². The van der Waals surface area contributed by atoms with Crippen LogP contribution in [-0.4, -0.2) is 37.1 Å². The number of hydrogen-bond donors (Lipinski definition) is 0. The van der Waals surface area contributed by atoms with Crippen molar-refractivity contribution in [3.63, 3.8) is 0 Å². The van der Waals surface area contributed by atoms with Crippen LogP contribution in [0.25, 0.3) is 0 Å². The van der Waals surface area contributed by atoms with Gasteiger partial charge in [0, 0.05) is 37.9 Å². The lowest BCUT2D eigenvalue weighted by Gasteiger charge is -2.39. The molecule has 2 aliphatic rings. The van der Waals surface area contributed by atoms with E-state index in [0.29, 0.717) is 0 Å². The average Bonchev–Trinajstić information content (AvgIpc) is 2.87. The van der Waals surface area contributed by atoms with Crippen LogP contribution in [0.4, 0.5) is 5.69 Å². The Balaban J connectivity index is 1.55. The second-order valence-electron chi connectivity index (χ2n) is 5.93. The molecule has 1 aromatic rings. The molecule has 0 radical (unpaired) electrons. The lowest BCUT2D eigenvalue weighted by molar-refractivity contribution is 0.184. The molecular formula is C16H24N2. The highest BCUT2D eigenvalue weighted by Gasteiger charge is 2.29. The molecule has 2 nitrogen and oxygen atoms in total. The molecule has 0 bridgehead atoms. The Morgan fingerprint density at radius 1 is 0.944 bits per heavy atom. The van der Waals surface area contributed by atoms with E-state index < -0.39 is 0 Å². The van der Waals surface area contributed by atoms with E-state index in [9.17, 15) is 0 Å². The molecule has 0 N–H and O–H groups in total. The van der Waals surface area contributed by atoms with Gasteiger partial charge in [-0.25, -0.2) is 0 Å². The number of piperazine rings is 1. The molecule has 1 aliphatic carbocycles. The smallest absolute Gasteiger partial charge is 0.0367 e. The summed E-state index contributed by atoms with van der Waals surface area (Å²) in [7, 11) is 0. The standard InChI is InChI=1S/C16H24N2/c1-14-7-8-16(13-14)18-11-9-17(10-12-18)15-5-3-2-4-6-15/h2-6,14,16H,7-13H2,1H3/t14-,16-/m0/s1. The van der Waals surface area contributed by atoms with E-state index in [1.165, 1.54) is 51.1 Å². The number of anilines is 1. The number of rotatable bonds is 2. The zero-order valence-electron chi connectivity index (χ0n) is 11.4. The Hall–Kier alpha value is -1.02. The van der Waals surface area contributed by atoms with Gasteiger partial charge >= 0.3 is 0 Å². The summed E-state index contributed by atoms with van der Waals surface area (Å²) in [6, 6.07) is 11.7. The molecule has 2 atom stereocenters. The minimum absolute atomic E-state index is 0.873. The van der Waals surface area contributed by atoms with Crippen LogP contribution in [0.2, 0.25) is 0 Å². The molecule has 0 spiro atoms. The molecule has 1 aromatic carbocycles. The molecule has 18 heavy (non-hydrogen) atoms. The summed E-state index contributed by atoms with van der Waals surface area (Å²) in [6.07, 6.45) is 4.28. The second-order valence-corrected chi connectivity index (χ2v) is 5.93. The molecule has 0 unspecified atom stereocenters. The fraction of sp³-hybridized carbons (Fsp3) is 0.625. The summed E-state index contributed by atoms with van der Waals surface area (Å²) in [4.78, 5) is 5.25. The van der Waals surface area contributed by atoms with Crippen LogP contribution in [0.5, 0.6) is 0 Å². The maximum Gasteiger partial charge on any atom is 0.0367 e. The molecule has 0 aromatic heterocycles. The maximum atomic E-state index is 2.73. The molecule has 1 aliphatic heterocycles. The van der Waals surface area contributed by atoms with Crippen molar-refractivity contribution in [2.45, 2.75) is 32.2 Å². The summed E-state index contributed by atoms with van der Waals surface area (Å²) in [5.41, 5.74) is 1.39. The van der Waals surface area contributed by atoms with Gasteiger partial charge in [0.25, 0.3) is 0 Å². The van der Waals surface area contributed by atoms with E-state index in [2.05, 4.69) is 47.1 Å². The third-order valence-corrected chi connectivity index (χ3v) is 4.62. The third kappa shape index (κ3) is 2.54. The van der Waals surface area contributed by atoms with E-state index in [1.807, 2.05) is 0 Å². The van der Waals surface area contributed by atoms with Crippen molar-refractivity contribution in [3.05, 3.63) is 30.3 Å². The third-order valence-electron chi connectivity index (χ3n) is 4.62. The first-order chi connectivity index (χ1) is 8.83. The first-order valence-corrected chi connectivity index (χ1v) is 7.37. The van der Waals surface area contributed by atoms with Gasteiger partial charge < -0.3 is 4.90 Å². The molecule has 3 rings (SSSR count). The molecule has 1 heterocycles. The van der Waals surface area contributed by atoms with Crippen molar-refractivity contribution in [3.8, 4) is 0 Å². The molecule has 2 fully saturated rings. The van der Waals surface area contributed by atoms with Gasteiger partial charge in [-0.3, -0.25) is 4.90 Å². The van der Waals surface area contributed by atoms with Crippen molar-refractivity contribution >= 4 is 5.69 Å². The number of nitrogens with zero attached hydrogens (tertiary/aromatic N) is 2. The summed E-state index contributed by atoms with van der Waals surface area (Å²) in [6.45, 7) is 7.27. The van der Waals surface area contributed by atoms with E-state index in [0.717, 1.165) is 12.0 Å². The van der Waals surface area contributed by atoms with Crippen LogP contribution < -0.4 is 4.90 Å². The lowest BCUT2D eigenvalue weighted by atomic mass is 10.1. The summed E-state index contributed by atoms with van der Waals surface area (Å²) < 4.78 is 0. The predicted molar refractivity (Wildman–Crippen MR) is 77.0 cm³/mol. The predicted octanol–water partition coefficient (Wildman–Crippen LogP) is 3.00. The van der Waals surface area contributed by atoms with Gasteiger partial charge in [0.2, 0.25) is 0 Å². The molecular weight excluding hydrogens is 220 g/mol. The quantitative estimate of drug-likeness (QED) is 0.789. The highest BCUT2D eigenvalue weighted by atomic mass is 15.3. The SMILES string of the molecule is C[C@H]1CC[C@H](N2CCN(c3ccccc3)CC2)C1. The van der Waals surface area contributed by atoms with Crippen molar-refractivity contribution in [1.29, 1.82) is 0 Å². The fourth-order valence-corrected chi connectivity index (χ4v) is 3.49. The Kier molecular flexibility index (Phi) is 3.55. The largest absolute Gasteiger partial charge is 0.369 e. The summed E-state index contributed by atoms with van der Waals surface area (Å²) in [5, 5.41) is 0. The van der Waals surface area contributed by atoms with Crippen LogP contribution >= 0.6 is 0 Å². The van der Waals surface area contributed by atoms with Gasteiger partial charge in [0.05, 0.1) is 0 Å². The molecule has 1 saturated heterocycles. The van der Waals surface area contributed by atoms with E-state index >= 15 is 0 Å². The summed E-state index contributed by atoms with van der Waals surface area (Å²) in [5.74, 6) is 0.946. The normalized spacial score (nSPS) is 29.7. The number of para-hydroxylation sites is 1. The van der Waals surface area contributed by atoms with Crippen LogP contribution in [-0.2, 0) is 0 Å². The van der Waals surface area contributed by atoms with Crippen LogP contribution in [0, 0.1) is 5.92 Å². The van der Waals surface area contributed by atoms with Crippen molar-refractivity contribution < 1.29 is 0 Å². The average molecular weight is 244 g/mol. The summed E-state index contributed by atoms with van der Waals surface area (Å²) >= 11 is 0. The number of hydrogen-bond acceptors (Lipinski definition) is 2.